The van der Waals surface area contributed by atoms with Gasteiger partial charge in [-0.1, -0.05) is 38.1 Å². The van der Waals surface area contributed by atoms with Crippen molar-refractivity contribution in [2.75, 3.05) is 6.54 Å². The predicted octanol–water partition coefficient (Wildman–Crippen LogP) is 4.85. The van der Waals surface area contributed by atoms with Gasteiger partial charge in [-0.25, -0.2) is 4.39 Å². The summed E-state index contributed by atoms with van der Waals surface area (Å²) in [6.45, 7) is 6.94. The molecule has 2 nitrogen and oxygen atoms in total. The molecule has 0 aromatic heterocycles. The van der Waals surface area contributed by atoms with E-state index in [4.69, 9.17) is 4.74 Å². The van der Waals surface area contributed by atoms with Gasteiger partial charge in [0.15, 0.2) is 11.6 Å². The molecule has 0 radical (unpaired) electrons. The van der Waals surface area contributed by atoms with Crippen molar-refractivity contribution in [1.29, 1.82) is 0 Å². The van der Waals surface area contributed by atoms with Crippen molar-refractivity contribution in [3.8, 4) is 11.5 Å². The van der Waals surface area contributed by atoms with Crippen molar-refractivity contribution in [2.24, 2.45) is 0 Å². The van der Waals surface area contributed by atoms with Crippen LogP contribution in [0.25, 0.3) is 0 Å². The van der Waals surface area contributed by atoms with Crippen molar-refractivity contribution in [1.82, 2.24) is 5.32 Å². The summed E-state index contributed by atoms with van der Waals surface area (Å²) in [6, 6.07) is 12.9. The van der Waals surface area contributed by atoms with Crippen molar-refractivity contribution >= 4 is 0 Å². The zero-order valence-electron chi connectivity index (χ0n) is 12.8. The number of hydrogen-bond donors (Lipinski definition) is 1. The molecule has 1 unspecified atom stereocenters. The molecule has 0 aliphatic heterocycles. The quantitative estimate of drug-likeness (QED) is 0.820. The number of para-hydroxylation sites is 1. The minimum atomic E-state index is -0.334. The van der Waals surface area contributed by atoms with E-state index in [2.05, 4.69) is 12.2 Å². The third-order valence-electron chi connectivity index (χ3n) is 3.50. The van der Waals surface area contributed by atoms with Crippen LogP contribution in [0, 0.1) is 5.82 Å². The molecule has 0 bridgehead atoms. The first kappa shape index (κ1) is 15.5. The van der Waals surface area contributed by atoms with Crippen molar-refractivity contribution in [3.05, 3.63) is 59.4 Å². The van der Waals surface area contributed by atoms with Gasteiger partial charge in [-0.2, -0.15) is 0 Å². The van der Waals surface area contributed by atoms with E-state index in [-0.39, 0.29) is 11.9 Å². The zero-order chi connectivity index (χ0) is 15.2. The molecule has 0 amide bonds. The number of nitrogens with one attached hydrogen (secondary N) is 1. The van der Waals surface area contributed by atoms with Gasteiger partial charge in [0.25, 0.3) is 0 Å². The van der Waals surface area contributed by atoms with Crippen LogP contribution >= 0.6 is 0 Å². The van der Waals surface area contributed by atoms with E-state index >= 15 is 0 Å². The normalized spacial score (nSPS) is 12.2. The Morgan fingerprint density at radius 3 is 2.62 bits per heavy atom. The van der Waals surface area contributed by atoms with Gasteiger partial charge in [-0.05, 0) is 43.7 Å². The Labute approximate surface area is 126 Å². The third-order valence-corrected chi connectivity index (χ3v) is 3.50. The number of benzene rings is 2. The Balaban J connectivity index is 2.33. The fourth-order valence-corrected chi connectivity index (χ4v) is 2.34. The summed E-state index contributed by atoms with van der Waals surface area (Å²) in [5.74, 6) is 0.641. The van der Waals surface area contributed by atoms with E-state index in [0.717, 1.165) is 18.5 Å². The van der Waals surface area contributed by atoms with Crippen LogP contribution in [0.5, 0.6) is 11.5 Å². The minimum Gasteiger partial charge on any atom is -0.454 e. The molecule has 0 heterocycles. The number of halogens is 1. The van der Waals surface area contributed by atoms with Crippen molar-refractivity contribution < 1.29 is 9.13 Å². The standard InChI is InChI=1S/C18H22FNO/c1-4-14-8-6-9-15(12-14)21-18-16(13(3)20-5-2)10-7-11-17(18)19/h6-13,20H,4-5H2,1-3H3. The maximum absolute atomic E-state index is 14.2. The second-order valence-corrected chi connectivity index (χ2v) is 5.04. The molecule has 0 aliphatic carbocycles. The molecule has 0 saturated heterocycles. The Morgan fingerprint density at radius 1 is 1.14 bits per heavy atom. The largest absolute Gasteiger partial charge is 0.454 e. The first-order chi connectivity index (χ1) is 10.2. The smallest absolute Gasteiger partial charge is 0.167 e. The summed E-state index contributed by atoms with van der Waals surface area (Å²) in [5.41, 5.74) is 2.00. The number of aryl methyl sites for hydroxylation is 1. The van der Waals surface area contributed by atoms with Crippen LogP contribution in [-0.2, 0) is 6.42 Å². The van der Waals surface area contributed by atoms with E-state index in [1.807, 2.05) is 44.2 Å². The molecular formula is C18H22FNO. The van der Waals surface area contributed by atoms with E-state index in [1.54, 1.807) is 6.07 Å². The Kier molecular flexibility index (Phi) is 5.34. The SMILES string of the molecule is CCNC(C)c1cccc(F)c1Oc1cccc(CC)c1. The molecule has 2 rings (SSSR count). The molecule has 2 aromatic rings. The summed E-state index contributed by atoms with van der Waals surface area (Å²) in [4.78, 5) is 0. The Hall–Kier alpha value is -1.87. The molecule has 0 spiro atoms. The average molecular weight is 287 g/mol. The summed E-state index contributed by atoms with van der Waals surface area (Å²) in [6.07, 6.45) is 0.926. The van der Waals surface area contributed by atoms with Crippen molar-refractivity contribution in [3.63, 3.8) is 0 Å². The van der Waals surface area contributed by atoms with Gasteiger partial charge in [-0.15, -0.1) is 0 Å². The fourth-order valence-electron chi connectivity index (χ4n) is 2.34. The summed E-state index contributed by atoms with van der Waals surface area (Å²) in [7, 11) is 0. The molecule has 1 atom stereocenters. The Bertz CT molecular complexity index is 598. The molecule has 0 aliphatic rings. The maximum Gasteiger partial charge on any atom is 0.167 e. The van der Waals surface area contributed by atoms with Crippen LogP contribution in [0.3, 0.4) is 0 Å². The monoisotopic (exact) mass is 287 g/mol. The average Bonchev–Trinajstić information content (AvgIpc) is 2.49. The van der Waals surface area contributed by atoms with Gasteiger partial charge in [-0.3, -0.25) is 0 Å². The van der Waals surface area contributed by atoms with E-state index in [1.165, 1.54) is 11.6 Å². The molecule has 1 N–H and O–H groups in total. The molecule has 3 heteroatoms. The fraction of sp³-hybridized carbons (Fsp3) is 0.333. The van der Waals surface area contributed by atoms with E-state index < -0.39 is 0 Å². The van der Waals surface area contributed by atoms with Crippen LogP contribution in [-0.4, -0.2) is 6.54 Å². The lowest BCUT2D eigenvalue weighted by molar-refractivity contribution is 0.426. The minimum absolute atomic E-state index is 0.0371. The van der Waals surface area contributed by atoms with Crippen LogP contribution < -0.4 is 10.1 Å². The number of hydrogen-bond acceptors (Lipinski definition) is 2. The first-order valence-electron chi connectivity index (χ1n) is 7.44. The van der Waals surface area contributed by atoms with Gasteiger partial charge in [0.1, 0.15) is 5.75 Å². The third kappa shape index (κ3) is 3.82. The van der Waals surface area contributed by atoms with Crippen LogP contribution in [0.4, 0.5) is 4.39 Å². The maximum atomic E-state index is 14.2. The highest BCUT2D eigenvalue weighted by Gasteiger charge is 2.15. The molecule has 112 valence electrons. The van der Waals surface area contributed by atoms with Crippen molar-refractivity contribution in [2.45, 2.75) is 33.2 Å². The zero-order valence-corrected chi connectivity index (χ0v) is 12.8. The topological polar surface area (TPSA) is 21.3 Å². The molecular weight excluding hydrogens is 265 g/mol. The highest BCUT2D eigenvalue weighted by atomic mass is 19.1. The van der Waals surface area contributed by atoms with Crippen LogP contribution in [0.2, 0.25) is 0 Å². The van der Waals surface area contributed by atoms with Gasteiger partial charge in [0.2, 0.25) is 0 Å². The highest BCUT2D eigenvalue weighted by Crippen LogP contribution is 2.32. The lowest BCUT2D eigenvalue weighted by Gasteiger charge is -2.18. The molecule has 0 saturated carbocycles. The van der Waals surface area contributed by atoms with Gasteiger partial charge >= 0.3 is 0 Å². The summed E-state index contributed by atoms with van der Waals surface area (Å²) < 4.78 is 20.0. The number of rotatable bonds is 6. The first-order valence-corrected chi connectivity index (χ1v) is 7.44. The van der Waals surface area contributed by atoms with Crippen LogP contribution in [0.1, 0.15) is 37.9 Å². The van der Waals surface area contributed by atoms with Gasteiger partial charge < -0.3 is 10.1 Å². The highest BCUT2D eigenvalue weighted by molar-refractivity contribution is 5.41. The predicted molar refractivity (Wildman–Crippen MR) is 84.4 cm³/mol. The second kappa shape index (κ2) is 7.23. The van der Waals surface area contributed by atoms with Gasteiger partial charge in [0.05, 0.1) is 0 Å². The molecule has 0 fully saturated rings. The molecule has 21 heavy (non-hydrogen) atoms. The number of ether oxygens (including phenoxy) is 1. The lowest BCUT2D eigenvalue weighted by atomic mass is 10.1. The second-order valence-electron chi connectivity index (χ2n) is 5.04. The van der Waals surface area contributed by atoms with E-state index in [0.29, 0.717) is 11.5 Å². The lowest BCUT2D eigenvalue weighted by Crippen LogP contribution is -2.18. The summed E-state index contributed by atoms with van der Waals surface area (Å²) >= 11 is 0. The van der Waals surface area contributed by atoms with E-state index in [9.17, 15) is 4.39 Å². The summed E-state index contributed by atoms with van der Waals surface area (Å²) in [5, 5.41) is 3.29. The Morgan fingerprint density at radius 2 is 1.90 bits per heavy atom. The van der Waals surface area contributed by atoms with Crippen LogP contribution in [0.15, 0.2) is 42.5 Å². The van der Waals surface area contributed by atoms with Gasteiger partial charge in [0, 0.05) is 11.6 Å². The molecule has 2 aromatic carbocycles.